The third kappa shape index (κ3) is 2.18. The van der Waals surface area contributed by atoms with Crippen molar-refractivity contribution in [2.45, 2.75) is 57.5 Å². The summed E-state index contributed by atoms with van der Waals surface area (Å²) in [4.78, 5) is 11.6. The predicted molar refractivity (Wildman–Crippen MR) is 82.7 cm³/mol. The van der Waals surface area contributed by atoms with Crippen LogP contribution in [0.25, 0.3) is 11.0 Å². The van der Waals surface area contributed by atoms with Crippen molar-refractivity contribution in [2.75, 3.05) is 0 Å². The van der Waals surface area contributed by atoms with E-state index in [1.54, 1.807) is 12.1 Å². The van der Waals surface area contributed by atoms with Crippen LogP contribution in [0.2, 0.25) is 0 Å². The van der Waals surface area contributed by atoms with Crippen molar-refractivity contribution in [3.8, 4) is 5.75 Å². The van der Waals surface area contributed by atoms with Crippen molar-refractivity contribution >= 4 is 16.9 Å². The van der Waals surface area contributed by atoms with Crippen LogP contribution in [0.4, 0.5) is 0 Å². The van der Waals surface area contributed by atoms with Crippen molar-refractivity contribution in [1.29, 1.82) is 0 Å². The van der Waals surface area contributed by atoms with Gasteiger partial charge in [-0.05, 0) is 57.1 Å². The zero-order chi connectivity index (χ0) is 15.1. The van der Waals surface area contributed by atoms with Gasteiger partial charge in [0.2, 0.25) is 0 Å². The first kappa shape index (κ1) is 13.7. The Hall–Kier alpha value is -1.97. The van der Waals surface area contributed by atoms with Crippen LogP contribution in [-0.2, 0) is 12.8 Å². The highest BCUT2D eigenvalue weighted by Gasteiger charge is 2.26. The summed E-state index contributed by atoms with van der Waals surface area (Å²) >= 11 is 0. The van der Waals surface area contributed by atoms with Crippen molar-refractivity contribution in [3.05, 3.63) is 29.0 Å². The fourth-order valence-corrected chi connectivity index (χ4v) is 3.80. The first-order valence-corrected chi connectivity index (χ1v) is 8.21. The van der Waals surface area contributed by atoms with Crippen molar-refractivity contribution in [1.82, 2.24) is 0 Å². The summed E-state index contributed by atoms with van der Waals surface area (Å²) in [6.07, 6.45) is 8.78. The molecule has 2 aromatic rings. The Kier molecular flexibility index (Phi) is 3.32. The monoisotopic (exact) mass is 300 g/mol. The molecule has 1 aromatic heterocycles. The summed E-state index contributed by atoms with van der Waals surface area (Å²) in [7, 11) is 0. The van der Waals surface area contributed by atoms with Gasteiger partial charge in [0.25, 0.3) is 0 Å². The van der Waals surface area contributed by atoms with E-state index in [2.05, 4.69) is 0 Å². The molecule has 0 spiro atoms. The molecule has 2 aliphatic carbocycles. The lowest BCUT2D eigenvalue weighted by Gasteiger charge is -2.14. The summed E-state index contributed by atoms with van der Waals surface area (Å²) in [6, 6.07) is 3.43. The summed E-state index contributed by atoms with van der Waals surface area (Å²) in [6.45, 7) is 0. The van der Waals surface area contributed by atoms with Crippen LogP contribution < -0.4 is 4.74 Å². The van der Waals surface area contributed by atoms with Gasteiger partial charge < -0.3 is 14.3 Å². The number of ether oxygens (including phenoxy) is 1. The number of carboxylic acid groups (broad SMARTS) is 1. The molecule has 1 fully saturated rings. The molecule has 0 unspecified atom stereocenters. The van der Waals surface area contributed by atoms with Crippen LogP contribution in [0, 0.1) is 0 Å². The molecule has 2 aliphatic rings. The van der Waals surface area contributed by atoms with Crippen molar-refractivity contribution in [2.24, 2.45) is 0 Å². The first-order valence-electron chi connectivity index (χ1n) is 8.21. The maximum absolute atomic E-state index is 11.6. The molecule has 0 aliphatic heterocycles. The number of aryl methyl sites for hydroxylation is 2. The second-order valence-corrected chi connectivity index (χ2v) is 6.36. The fourth-order valence-electron chi connectivity index (χ4n) is 3.80. The summed E-state index contributed by atoms with van der Waals surface area (Å²) in [5, 5.41) is 10.3. The van der Waals surface area contributed by atoms with Crippen LogP contribution in [0.5, 0.6) is 5.75 Å². The van der Waals surface area contributed by atoms with Gasteiger partial charge >= 0.3 is 5.97 Å². The number of fused-ring (bicyclic) bond motifs is 3. The van der Waals surface area contributed by atoms with E-state index in [0.717, 1.165) is 55.2 Å². The number of carbonyl (C=O) groups is 1. The van der Waals surface area contributed by atoms with Crippen molar-refractivity contribution < 1.29 is 19.1 Å². The van der Waals surface area contributed by atoms with Crippen LogP contribution in [0.3, 0.4) is 0 Å². The van der Waals surface area contributed by atoms with E-state index < -0.39 is 5.97 Å². The smallest absolute Gasteiger partial charge is 0.336 e. The zero-order valence-electron chi connectivity index (χ0n) is 12.6. The largest absolute Gasteiger partial charge is 0.486 e. The van der Waals surface area contributed by atoms with Gasteiger partial charge in [-0.2, -0.15) is 0 Å². The SMILES string of the molecule is O=C(O)c1ccc(OC2CCCC2)c2oc3c(c12)CCCC3. The molecule has 0 atom stereocenters. The Balaban J connectivity index is 1.86. The summed E-state index contributed by atoms with van der Waals surface area (Å²) in [5.74, 6) is 0.763. The molecule has 1 N–H and O–H groups in total. The Morgan fingerprint density at radius 1 is 1.14 bits per heavy atom. The van der Waals surface area contributed by atoms with Gasteiger partial charge in [-0.25, -0.2) is 4.79 Å². The highest BCUT2D eigenvalue weighted by Crippen LogP contribution is 2.40. The molecule has 0 bridgehead atoms. The van der Waals surface area contributed by atoms with Crippen LogP contribution in [-0.4, -0.2) is 17.2 Å². The maximum Gasteiger partial charge on any atom is 0.336 e. The van der Waals surface area contributed by atoms with Gasteiger partial charge in [0, 0.05) is 17.4 Å². The molecular formula is C18H20O4. The van der Waals surface area contributed by atoms with E-state index >= 15 is 0 Å². The number of benzene rings is 1. The quantitative estimate of drug-likeness (QED) is 0.916. The van der Waals surface area contributed by atoms with Crippen LogP contribution in [0.15, 0.2) is 16.5 Å². The highest BCUT2D eigenvalue weighted by atomic mass is 16.5. The van der Waals surface area contributed by atoms with Crippen LogP contribution in [0.1, 0.15) is 60.2 Å². The number of aromatic carboxylic acids is 1. The average Bonchev–Trinajstić information content (AvgIpc) is 3.14. The molecular weight excluding hydrogens is 280 g/mol. The molecule has 0 amide bonds. The Morgan fingerprint density at radius 2 is 1.91 bits per heavy atom. The second-order valence-electron chi connectivity index (χ2n) is 6.36. The van der Waals surface area contributed by atoms with E-state index in [4.69, 9.17) is 9.15 Å². The lowest BCUT2D eigenvalue weighted by molar-refractivity contribution is 0.0699. The van der Waals surface area contributed by atoms with E-state index in [0.29, 0.717) is 16.9 Å². The van der Waals surface area contributed by atoms with Gasteiger partial charge in [0.1, 0.15) is 5.76 Å². The third-order valence-electron chi connectivity index (χ3n) is 4.89. The summed E-state index contributed by atoms with van der Waals surface area (Å²) < 4.78 is 12.1. The molecule has 1 saturated carbocycles. The Labute approximate surface area is 129 Å². The lowest BCUT2D eigenvalue weighted by atomic mass is 9.94. The highest BCUT2D eigenvalue weighted by molar-refractivity contribution is 6.05. The Morgan fingerprint density at radius 3 is 2.68 bits per heavy atom. The molecule has 0 saturated heterocycles. The van der Waals surface area contributed by atoms with E-state index in [-0.39, 0.29) is 6.10 Å². The molecule has 4 rings (SSSR count). The summed E-state index contributed by atoms with van der Waals surface area (Å²) in [5.41, 5.74) is 2.05. The van der Waals surface area contributed by atoms with E-state index in [1.165, 1.54) is 12.8 Å². The molecule has 116 valence electrons. The zero-order valence-corrected chi connectivity index (χ0v) is 12.6. The second kappa shape index (κ2) is 5.34. The Bertz CT molecular complexity index is 722. The number of hydrogen-bond donors (Lipinski definition) is 1. The number of furan rings is 1. The molecule has 1 heterocycles. The van der Waals surface area contributed by atoms with Gasteiger partial charge in [0.15, 0.2) is 11.3 Å². The molecule has 4 nitrogen and oxygen atoms in total. The number of hydrogen-bond acceptors (Lipinski definition) is 3. The number of rotatable bonds is 3. The minimum Gasteiger partial charge on any atom is -0.486 e. The van der Waals surface area contributed by atoms with Crippen molar-refractivity contribution in [3.63, 3.8) is 0 Å². The first-order chi connectivity index (χ1) is 10.7. The molecule has 1 aromatic carbocycles. The van der Waals surface area contributed by atoms with Gasteiger partial charge in [-0.1, -0.05) is 0 Å². The van der Waals surface area contributed by atoms with Gasteiger partial charge in [-0.15, -0.1) is 0 Å². The van der Waals surface area contributed by atoms with Gasteiger partial charge in [-0.3, -0.25) is 0 Å². The van der Waals surface area contributed by atoms with Gasteiger partial charge in [0.05, 0.1) is 11.7 Å². The molecule has 4 heteroatoms. The maximum atomic E-state index is 11.6. The van der Waals surface area contributed by atoms with Crippen LogP contribution >= 0.6 is 0 Å². The average molecular weight is 300 g/mol. The standard InChI is InChI=1S/C18H20O4/c19-18(20)13-9-10-15(21-11-5-1-2-6-11)17-16(13)12-7-3-4-8-14(12)22-17/h9-11H,1-8H2,(H,19,20). The normalized spacial score (nSPS) is 18.5. The molecule has 0 radical (unpaired) electrons. The fraction of sp³-hybridized carbons (Fsp3) is 0.500. The minimum atomic E-state index is -0.897. The molecule has 22 heavy (non-hydrogen) atoms. The van der Waals surface area contributed by atoms with E-state index in [9.17, 15) is 9.90 Å². The van der Waals surface area contributed by atoms with E-state index in [1.807, 2.05) is 0 Å². The minimum absolute atomic E-state index is 0.237. The predicted octanol–water partition coefficient (Wildman–Crippen LogP) is 4.33. The lowest BCUT2D eigenvalue weighted by Crippen LogP contribution is -2.11. The topological polar surface area (TPSA) is 59.7 Å². The number of carboxylic acids is 1. The third-order valence-corrected chi connectivity index (χ3v) is 4.89.